The normalized spacial score (nSPS) is 11.9. The van der Waals surface area contributed by atoms with Crippen LogP contribution in [0.15, 0.2) is 29.2 Å². The van der Waals surface area contributed by atoms with Crippen molar-refractivity contribution >= 4 is 15.9 Å². The Morgan fingerprint density at radius 1 is 1.04 bits per heavy atom. The van der Waals surface area contributed by atoms with Gasteiger partial charge < -0.3 is 5.32 Å². The van der Waals surface area contributed by atoms with Gasteiger partial charge >= 0.3 is 0 Å². The van der Waals surface area contributed by atoms with E-state index in [1.54, 1.807) is 24.3 Å². The first-order valence-electron chi connectivity index (χ1n) is 8.27. The monoisotopic (exact) mass is 340 g/mol. The molecule has 0 spiro atoms. The zero-order chi connectivity index (χ0) is 17.5. The van der Waals surface area contributed by atoms with Gasteiger partial charge in [0.15, 0.2) is 0 Å². The molecule has 0 unspecified atom stereocenters. The van der Waals surface area contributed by atoms with Crippen molar-refractivity contribution in [2.24, 2.45) is 5.92 Å². The van der Waals surface area contributed by atoms with Gasteiger partial charge in [-0.25, -0.2) is 8.42 Å². The number of nitrogens with one attached hydrogen (secondary N) is 1. The summed E-state index contributed by atoms with van der Waals surface area (Å²) in [5, 5.41) is 2.91. The Morgan fingerprint density at radius 2 is 1.57 bits per heavy atom. The molecular formula is C17H28N2O3S. The van der Waals surface area contributed by atoms with Gasteiger partial charge in [0.25, 0.3) is 0 Å². The van der Waals surface area contributed by atoms with Gasteiger partial charge in [-0.05, 0) is 30.5 Å². The predicted octanol–water partition coefficient (Wildman–Crippen LogP) is 2.77. The molecule has 0 aliphatic heterocycles. The number of hydrogen-bond acceptors (Lipinski definition) is 3. The van der Waals surface area contributed by atoms with Crippen molar-refractivity contribution in [1.82, 2.24) is 9.62 Å². The molecule has 6 heteroatoms. The van der Waals surface area contributed by atoms with Crippen LogP contribution >= 0.6 is 0 Å². The molecule has 1 rings (SSSR count). The summed E-state index contributed by atoms with van der Waals surface area (Å²) in [5.74, 6) is 0.0900. The quantitative estimate of drug-likeness (QED) is 0.752. The molecule has 23 heavy (non-hydrogen) atoms. The lowest BCUT2D eigenvalue weighted by Gasteiger charge is -2.18. The first-order chi connectivity index (χ1) is 10.9. The smallest absolute Gasteiger partial charge is 0.243 e. The highest BCUT2D eigenvalue weighted by Gasteiger charge is 2.21. The number of nitrogens with zero attached hydrogens (tertiary/aromatic N) is 1. The minimum absolute atomic E-state index is 0.0392. The van der Waals surface area contributed by atoms with Crippen molar-refractivity contribution < 1.29 is 13.2 Å². The van der Waals surface area contributed by atoms with Crippen molar-refractivity contribution in [2.75, 3.05) is 13.1 Å². The molecular weight excluding hydrogens is 312 g/mol. The van der Waals surface area contributed by atoms with E-state index >= 15 is 0 Å². The molecule has 0 fully saturated rings. The number of sulfonamides is 1. The SMILES string of the molecule is CCC(CC)C(=O)NCc1ccc(S(=O)(=O)N(CC)CC)cc1. The third-order valence-corrected chi connectivity index (χ3v) is 6.15. The van der Waals surface area contributed by atoms with Crippen LogP contribution in [0.1, 0.15) is 46.1 Å². The summed E-state index contributed by atoms with van der Waals surface area (Å²) in [6.45, 7) is 8.96. The lowest BCUT2D eigenvalue weighted by atomic mass is 10.0. The first-order valence-corrected chi connectivity index (χ1v) is 9.71. The van der Waals surface area contributed by atoms with Gasteiger partial charge in [0.2, 0.25) is 15.9 Å². The van der Waals surface area contributed by atoms with Gasteiger partial charge in [0, 0.05) is 25.6 Å². The van der Waals surface area contributed by atoms with Crippen LogP contribution in [0.5, 0.6) is 0 Å². The average Bonchev–Trinajstić information content (AvgIpc) is 2.55. The van der Waals surface area contributed by atoms with Gasteiger partial charge in [-0.15, -0.1) is 0 Å². The molecule has 0 aromatic heterocycles. The van der Waals surface area contributed by atoms with Crippen LogP contribution in [-0.4, -0.2) is 31.7 Å². The fourth-order valence-corrected chi connectivity index (χ4v) is 3.94. The number of carbonyl (C=O) groups excluding carboxylic acids is 1. The number of benzene rings is 1. The van der Waals surface area contributed by atoms with Crippen LogP contribution in [0.2, 0.25) is 0 Å². The van der Waals surface area contributed by atoms with Crippen molar-refractivity contribution in [3.63, 3.8) is 0 Å². The lowest BCUT2D eigenvalue weighted by molar-refractivity contribution is -0.125. The largest absolute Gasteiger partial charge is 0.352 e. The Morgan fingerprint density at radius 3 is 2.00 bits per heavy atom. The van der Waals surface area contributed by atoms with Crippen LogP contribution in [0.3, 0.4) is 0 Å². The van der Waals surface area contributed by atoms with Crippen molar-refractivity contribution in [2.45, 2.75) is 52.0 Å². The minimum atomic E-state index is -3.42. The average molecular weight is 340 g/mol. The third kappa shape index (κ3) is 5.04. The van der Waals surface area contributed by atoms with E-state index in [0.717, 1.165) is 18.4 Å². The Balaban J connectivity index is 2.76. The molecule has 1 amide bonds. The maximum atomic E-state index is 12.4. The standard InChI is InChI=1S/C17H28N2O3S/c1-5-15(6-2)17(20)18-13-14-9-11-16(12-10-14)23(21,22)19(7-3)8-4/h9-12,15H,5-8,13H2,1-4H3,(H,18,20). The number of amides is 1. The Kier molecular flexibility index (Phi) is 7.72. The maximum Gasteiger partial charge on any atom is 0.243 e. The van der Waals surface area contributed by atoms with Crippen LogP contribution in [-0.2, 0) is 21.4 Å². The van der Waals surface area contributed by atoms with E-state index < -0.39 is 10.0 Å². The van der Waals surface area contributed by atoms with E-state index in [9.17, 15) is 13.2 Å². The zero-order valence-electron chi connectivity index (χ0n) is 14.5. The first kappa shape index (κ1) is 19.6. The molecule has 0 aliphatic carbocycles. The van der Waals surface area contributed by atoms with Crippen LogP contribution in [0, 0.1) is 5.92 Å². The second-order valence-electron chi connectivity index (χ2n) is 5.46. The van der Waals surface area contributed by atoms with Gasteiger partial charge in [-0.1, -0.05) is 39.8 Å². The van der Waals surface area contributed by atoms with E-state index in [4.69, 9.17) is 0 Å². The highest BCUT2D eigenvalue weighted by molar-refractivity contribution is 7.89. The Hall–Kier alpha value is -1.40. The van der Waals surface area contributed by atoms with Crippen molar-refractivity contribution in [3.05, 3.63) is 29.8 Å². The van der Waals surface area contributed by atoms with Crippen LogP contribution in [0.25, 0.3) is 0 Å². The second-order valence-corrected chi connectivity index (χ2v) is 7.40. The molecule has 5 nitrogen and oxygen atoms in total. The molecule has 1 aromatic carbocycles. The molecule has 0 saturated heterocycles. The van der Waals surface area contributed by atoms with E-state index in [-0.39, 0.29) is 16.7 Å². The van der Waals surface area contributed by atoms with Crippen molar-refractivity contribution in [1.29, 1.82) is 0 Å². The van der Waals surface area contributed by atoms with E-state index in [0.29, 0.717) is 19.6 Å². The summed E-state index contributed by atoms with van der Waals surface area (Å²) in [4.78, 5) is 12.2. The summed E-state index contributed by atoms with van der Waals surface area (Å²) in [6, 6.07) is 6.71. The highest BCUT2D eigenvalue weighted by Crippen LogP contribution is 2.16. The molecule has 0 saturated carbocycles. The number of hydrogen-bond donors (Lipinski definition) is 1. The lowest BCUT2D eigenvalue weighted by Crippen LogP contribution is -2.31. The number of rotatable bonds is 9. The molecule has 0 aliphatic rings. The molecule has 0 atom stereocenters. The summed E-state index contributed by atoms with van der Waals surface area (Å²) in [7, 11) is -3.42. The highest BCUT2D eigenvalue weighted by atomic mass is 32.2. The second kappa shape index (κ2) is 9.03. The summed E-state index contributed by atoms with van der Waals surface area (Å²) >= 11 is 0. The summed E-state index contributed by atoms with van der Waals surface area (Å²) in [5.41, 5.74) is 0.891. The fraction of sp³-hybridized carbons (Fsp3) is 0.588. The van der Waals surface area contributed by atoms with Gasteiger partial charge in [0.05, 0.1) is 4.90 Å². The van der Waals surface area contributed by atoms with E-state index in [1.807, 2.05) is 27.7 Å². The minimum Gasteiger partial charge on any atom is -0.352 e. The van der Waals surface area contributed by atoms with Crippen LogP contribution in [0.4, 0.5) is 0 Å². The fourth-order valence-electron chi connectivity index (χ4n) is 2.48. The Bertz CT molecular complexity index is 589. The number of carbonyl (C=O) groups is 1. The summed E-state index contributed by atoms with van der Waals surface area (Å²) in [6.07, 6.45) is 1.65. The third-order valence-electron chi connectivity index (χ3n) is 4.09. The van der Waals surface area contributed by atoms with Crippen LogP contribution < -0.4 is 5.32 Å². The van der Waals surface area contributed by atoms with E-state index in [2.05, 4.69) is 5.32 Å². The van der Waals surface area contributed by atoms with Gasteiger partial charge in [-0.3, -0.25) is 4.79 Å². The predicted molar refractivity (Wildman–Crippen MR) is 92.5 cm³/mol. The maximum absolute atomic E-state index is 12.4. The van der Waals surface area contributed by atoms with Gasteiger partial charge in [-0.2, -0.15) is 4.31 Å². The molecule has 130 valence electrons. The topological polar surface area (TPSA) is 66.5 Å². The summed E-state index contributed by atoms with van der Waals surface area (Å²) < 4.78 is 26.2. The molecule has 0 bridgehead atoms. The van der Waals surface area contributed by atoms with Crippen molar-refractivity contribution in [3.8, 4) is 0 Å². The molecule has 0 radical (unpaired) electrons. The van der Waals surface area contributed by atoms with Gasteiger partial charge in [0.1, 0.15) is 0 Å². The molecule has 1 aromatic rings. The Labute approximate surface area is 140 Å². The molecule has 1 N–H and O–H groups in total. The zero-order valence-corrected chi connectivity index (χ0v) is 15.3. The van der Waals surface area contributed by atoms with E-state index in [1.165, 1.54) is 4.31 Å². The molecule has 0 heterocycles.